The number of hydrogen-bond acceptors (Lipinski definition) is 3. The molecule has 0 amide bonds. The maximum atomic E-state index is 12.5. The Morgan fingerprint density at radius 3 is 2.68 bits per heavy atom. The first kappa shape index (κ1) is 12.3. The third-order valence-electron chi connectivity index (χ3n) is 4.40. The molecule has 19 heavy (non-hydrogen) atoms. The number of carbonyl (C=O) groups excluding carboxylic acids is 1. The number of hydrogen-bond donors (Lipinski definition) is 1. The Morgan fingerprint density at radius 1 is 1.26 bits per heavy atom. The Morgan fingerprint density at radius 2 is 2.00 bits per heavy atom. The molecule has 1 saturated carbocycles. The zero-order valence-corrected chi connectivity index (χ0v) is 11.3. The fraction of sp³-hybridized carbons (Fsp3) is 0.438. The van der Waals surface area contributed by atoms with Crippen LogP contribution in [0.15, 0.2) is 30.4 Å². The number of nitrogens with one attached hydrogen (secondary N) is 1. The van der Waals surface area contributed by atoms with Crippen molar-refractivity contribution >= 4 is 11.5 Å². The molecule has 0 bridgehead atoms. The van der Waals surface area contributed by atoms with Gasteiger partial charge in [0.15, 0.2) is 5.78 Å². The summed E-state index contributed by atoms with van der Waals surface area (Å²) in [6.45, 7) is 4.07. The molecule has 100 valence electrons. The average Bonchev–Trinajstić information content (AvgIpc) is 2.45. The molecule has 1 aromatic carbocycles. The molecule has 1 heterocycles. The van der Waals surface area contributed by atoms with Crippen molar-refractivity contribution < 1.29 is 9.53 Å². The molecular formula is C16H19NO2. The number of anilines is 1. The first-order valence-electron chi connectivity index (χ1n) is 6.87. The van der Waals surface area contributed by atoms with Crippen LogP contribution in [0.25, 0.3) is 0 Å². The summed E-state index contributed by atoms with van der Waals surface area (Å²) in [5.74, 6) is 0.857. The molecule has 3 nitrogen and oxygen atoms in total. The van der Waals surface area contributed by atoms with Gasteiger partial charge in [-0.15, -0.1) is 0 Å². The van der Waals surface area contributed by atoms with Gasteiger partial charge in [-0.1, -0.05) is 25.8 Å². The van der Waals surface area contributed by atoms with E-state index in [1.54, 1.807) is 7.11 Å². The maximum Gasteiger partial charge on any atom is 0.192 e. The molecule has 1 aromatic rings. The summed E-state index contributed by atoms with van der Waals surface area (Å²) in [6, 6.07) is 5.56. The third kappa shape index (κ3) is 1.84. The van der Waals surface area contributed by atoms with Crippen molar-refractivity contribution in [3.63, 3.8) is 0 Å². The molecule has 0 radical (unpaired) electrons. The van der Waals surface area contributed by atoms with Crippen molar-refractivity contribution in [2.75, 3.05) is 12.4 Å². The van der Waals surface area contributed by atoms with E-state index < -0.39 is 0 Å². The average molecular weight is 257 g/mol. The first-order chi connectivity index (χ1) is 9.16. The fourth-order valence-electron chi connectivity index (χ4n) is 3.25. The first-order valence-corrected chi connectivity index (χ1v) is 6.87. The SMILES string of the molecule is C=C1C(=O)c2ccc(OC)cc2NC12CCCCC2. The van der Waals surface area contributed by atoms with Gasteiger partial charge in [0.05, 0.1) is 12.6 Å². The van der Waals surface area contributed by atoms with Crippen molar-refractivity contribution in [1.29, 1.82) is 0 Å². The Hall–Kier alpha value is -1.77. The highest BCUT2D eigenvalue weighted by molar-refractivity contribution is 6.15. The van der Waals surface area contributed by atoms with E-state index in [0.29, 0.717) is 5.56 Å². The summed E-state index contributed by atoms with van der Waals surface area (Å²) in [5, 5.41) is 3.57. The van der Waals surface area contributed by atoms with E-state index in [2.05, 4.69) is 11.9 Å². The van der Waals surface area contributed by atoms with Crippen LogP contribution in [0.1, 0.15) is 42.5 Å². The number of benzene rings is 1. The molecule has 1 fully saturated rings. The summed E-state index contributed by atoms with van der Waals surface area (Å²) in [4.78, 5) is 12.5. The smallest absolute Gasteiger partial charge is 0.192 e. The molecule has 1 spiro atoms. The molecule has 1 aliphatic heterocycles. The van der Waals surface area contributed by atoms with Crippen molar-refractivity contribution in [1.82, 2.24) is 0 Å². The largest absolute Gasteiger partial charge is 0.497 e. The monoisotopic (exact) mass is 257 g/mol. The van der Waals surface area contributed by atoms with Crippen LogP contribution in [0.4, 0.5) is 5.69 Å². The van der Waals surface area contributed by atoms with Gasteiger partial charge in [0.1, 0.15) is 5.75 Å². The molecule has 2 aliphatic rings. The molecule has 3 heteroatoms. The zero-order valence-electron chi connectivity index (χ0n) is 11.3. The maximum absolute atomic E-state index is 12.5. The van der Waals surface area contributed by atoms with Crippen LogP contribution in [0, 0.1) is 0 Å². The molecule has 0 aromatic heterocycles. The highest BCUT2D eigenvalue weighted by atomic mass is 16.5. The van der Waals surface area contributed by atoms with Gasteiger partial charge >= 0.3 is 0 Å². The Kier molecular flexibility index (Phi) is 2.85. The normalized spacial score (nSPS) is 20.9. The topological polar surface area (TPSA) is 38.3 Å². The predicted molar refractivity (Wildman–Crippen MR) is 75.9 cm³/mol. The van der Waals surface area contributed by atoms with Crippen molar-refractivity contribution in [2.24, 2.45) is 0 Å². The number of carbonyl (C=O) groups is 1. The lowest BCUT2D eigenvalue weighted by Crippen LogP contribution is -2.47. The molecule has 1 N–H and O–H groups in total. The Bertz CT molecular complexity index is 542. The van der Waals surface area contributed by atoms with Crippen LogP contribution < -0.4 is 10.1 Å². The summed E-state index contributed by atoms with van der Waals surface area (Å²) in [5.41, 5.74) is 2.10. The van der Waals surface area contributed by atoms with Crippen molar-refractivity contribution in [2.45, 2.75) is 37.6 Å². The van der Waals surface area contributed by atoms with Gasteiger partial charge in [-0.2, -0.15) is 0 Å². The van der Waals surface area contributed by atoms with Gasteiger partial charge in [0, 0.05) is 22.9 Å². The number of ketones is 1. The second-order valence-electron chi connectivity index (χ2n) is 5.49. The molecule has 1 aliphatic carbocycles. The van der Waals surface area contributed by atoms with E-state index >= 15 is 0 Å². The molecule has 0 unspecified atom stereocenters. The van der Waals surface area contributed by atoms with E-state index in [9.17, 15) is 4.79 Å². The number of methoxy groups -OCH3 is 1. The minimum atomic E-state index is -0.227. The number of rotatable bonds is 1. The summed E-state index contributed by atoms with van der Waals surface area (Å²) in [6.07, 6.45) is 5.54. The molecule has 0 saturated heterocycles. The summed E-state index contributed by atoms with van der Waals surface area (Å²) >= 11 is 0. The van der Waals surface area contributed by atoms with Gasteiger partial charge < -0.3 is 10.1 Å². The highest BCUT2D eigenvalue weighted by Gasteiger charge is 2.42. The van der Waals surface area contributed by atoms with Crippen LogP contribution in [0.2, 0.25) is 0 Å². The van der Waals surface area contributed by atoms with E-state index in [0.717, 1.165) is 42.7 Å². The van der Waals surface area contributed by atoms with Crippen LogP contribution >= 0.6 is 0 Å². The molecule has 3 rings (SSSR count). The molecule has 0 atom stereocenters. The number of Topliss-reactive ketones (excluding diaryl/α,β-unsaturated/α-hetero) is 1. The quantitative estimate of drug-likeness (QED) is 0.782. The number of ether oxygens (including phenoxy) is 1. The Balaban J connectivity index is 2.05. The van der Waals surface area contributed by atoms with Gasteiger partial charge in [-0.25, -0.2) is 0 Å². The predicted octanol–water partition coefficient (Wildman–Crippen LogP) is 3.56. The minimum absolute atomic E-state index is 0.0818. The second kappa shape index (κ2) is 4.41. The van der Waals surface area contributed by atoms with Crippen molar-refractivity contribution in [3.05, 3.63) is 35.9 Å². The standard InChI is InChI=1S/C16H19NO2/c1-11-15(18)13-7-6-12(19-2)10-14(13)17-16(11)8-4-3-5-9-16/h6-7,10,17H,1,3-5,8-9H2,2H3. The minimum Gasteiger partial charge on any atom is -0.497 e. The lowest BCUT2D eigenvalue weighted by molar-refractivity contribution is 0.101. The van der Waals surface area contributed by atoms with Crippen LogP contribution in [0.5, 0.6) is 5.75 Å². The van der Waals surface area contributed by atoms with Crippen LogP contribution in [-0.4, -0.2) is 18.4 Å². The van der Waals surface area contributed by atoms with E-state index in [-0.39, 0.29) is 11.3 Å². The van der Waals surface area contributed by atoms with Crippen LogP contribution in [0.3, 0.4) is 0 Å². The van der Waals surface area contributed by atoms with E-state index in [4.69, 9.17) is 4.74 Å². The Labute approximate surface area is 113 Å². The van der Waals surface area contributed by atoms with E-state index in [1.165, 1.54) is 6.42 Å². The lowest BCUT2D eigenvalue weighted by Gasteiger charge is -2.43. The van der Waals surface area contributed by atoms with Gasteiger partial charge in [-0.05, 0) is 25.0 Å². The fourth-order valence-corrected chi connectivity index (χ4v) is 3.25. The third-order valence-corrected chi connectivity index (χ3v) is 4.40. The van der Waals surface area contributed by atoms with Gasteiger partial charge in [-0.3, -0.25) is 4.79 Å². The van der Waals surface area contributed by atoms with Crippen molar-refractivity contribution in [3.8, 4) is 5.75 Å². The summed E-state index contributed by atoms with van der Waals surface area (Å²) in [7, 11) is 1.64. The molecular weight excluding hydrogens is 238 g/mol. The van der Waals surface area contributed by atoms with E-state index in [1.807, 2.05) is 18.2 Å². The second-order valence-corrected chi connectivity index (χ2v) is 5.49. The summed E-state index contributed by atoms with van der Waals surface area (Å²) < 4.78 is 5.24. The van der Waals surface area contributed by atoms with Gasteiger partial charge in [0.2, 0.25) is 0 Å². The lowest BCUT2D eigenvalue weighted by atomic mass is 9.72. The van der Waals surface area contributed by atoms with Crippen LogP contribution in [-0.2, 0) is 0 Å². The number of fused-ring (bicyclic) bond motifs is 1. The zero-order chi connectivity index (χ0) is 13.5. The highest BCUT2D eigenvalue weighted by Crippen LogP contribution is 2.43. The van der Waals surface area contributed by atoms with Gasteiger partial charge in [0.25, 0.3) is 0 Å².